The van der Waals surface area contributed by atoms with E-state index >= 15 is 0 Å². The summed E-state index contributed by atoms with van der Waals surface area (Å²) in [5, 5.41) is 12.0. The fraction of sp³-hybridized carbons (Fsp3) is 0.438. The molecule has 22 heavy (non-hydrogen) atoms. The van der Waals surface area contributed by atoms with Gasteiger partial charge in [0.15, 0.2) is 4.34 Å². The van der Waals surface area contributed by atoms with Crippen molar-refractivity contribution in [2.75, 3.05) is 0 Å². The van der Waals surface area contributed by atoms with Gasteiger partial charge in [0, 0.05) is 6.04 Å². The third kappa shape index (κ3) is 3.87. The molecule has 1 N–H and O–H groups in total. The average Bonchev–Trinajstić information content (AvgIpc) is 3.17. The Hall–Kier alpha value is -1.40. The molecule has 6 heteroatoms. The molecule has 1 fully saturated rings. The molecule has 1 amide bonds. The summed E-state index contributed by atoms with van der Waals surface area (Å²) in [6, 6.07) is 10.2. The van der Waals surface area contributed by atoms with E-state index in [4.69, 9.17) is 0 Å². The predicted octanol–water partition coefficient (Wildman–Crippen LogP) is 3.74. The van der Waals surface area contributed by atoms with Crippen LogP contribution in [0.5, 0.6) is 0 Å². The van der Waals surface area contributed by atoms with Gasteiger partial charge in [0.05, 0.1) is 0 Å². The van der Waals surface area contributed by atoms with E-state index < -0.39 is 0 Å². The van der Waals surface area contributed by atoms with Crippen molar-refractivity contribution in [2.24, 2.45) is 0 Å². The van der Waals surface area contributed by atoms with Crippen LogP contribution in [0, 0.1) is 6.92 Å². The molecule has 1 heterocycles. The van der Waals surface area contributed by atoms with Crippen LogP contribution < -0.4 is 5.32 Å². The second-order valence-electron chi connectivity index (χ2n) is 5.49. The van der Waals surface area contributed by atoms with Crippen LogP contribution in [-0.4, -0.2) is 22.1 Å². The van der Waals surface area contributed by atoms with E-state index in [1.165, 1.54) is 35.9 Å². The second-order valence-corrected chi connectivity index (χ2v) is 8.02. The molecule has 1 aromatic heterocycles. The molecule has 0 bridgehead atoms. The molecule has 4 nitrogen and oxygen atoms in total. The number of nitrogens with one attached hydrogen (secondary N) is 1. The van der Waals surface area contributed by atoms with Crippen LogP contribution >= 0.6 is 23.1 Å². The summed E-state index contributed by atoms with van der Waals surface area (Å²) in [4.78, 5) is 12.7. The number of hydrogen-bond acceptors (Lipinski definition) is 5. The van der Waals surface area contributed by atoms with Crippen molar-refractivity contribution in [3.8, 4) is 0 Å². The predicted molar refractivity (Wildman–Crippen MR) is 90.1 cm³/mol. The topological polar surface area (TPSA) is 54.9 Å². The Bertz CT molecular complexity index is 623. The number of carbonyl (C=O) groups excluding carboxylic acids is 1. The summed E-state index contributed by atoms with van der Waals surface area (Å²) < 4.78 is 0.841. The van der Waals surface area contributed by atoms with E-state index in [2.05, 4.69) is 15.5 Å². The van der Waals surface area contributed by atoms with Crippen molar-refractivity contribution in [3.05, 3.63) is 40.9 Å². The number of aryl methyl sites for hydroxylation is 1. The minimum atomic E-state index is -0.269. The highest BCUT2D eigenvalue weighted by Gasteiger charge is 2.26. The molecule has 0 aliphatic heterocycles. The summed E-state index contributed by atoms with van der Waals surface area (Å²) in [6.45, 7) is 1.93. The van der Waals surface area contributed by atoms with Crippen molar-refractivity contribution in [3.63, 3.8) is 0 Å². The molecule has 1 saturated carbocycles. The van der Waals surface area contributed by atoms with Gasteiger partial charge in [0.2, 0.25) is 5.91 Å². The average molecular weight is 333 g/mol. The molecule has 3 rings (SSSR count). The van der Waals surface area contributed by atoms with E-state index in [0.29, 0.717) is 6.04 Å². The normalized spacial score (nSPS) is 16.6. The molecule has 0 spiro atoms. The number of nitrogens with zero attached hydrogens (tertiary/aromatic N) is 2. The van der Waals surface area contributed by atoms with Crippen molar-refractivity contribution >= 4 is 29.0 Å². The van der Waals surface area contributed by atoms with Crippen LogP contribution in [0.3, 0.4) is 0 Å². The highest BCUT2D eigenvalue weighted by molar-refractivity contribution is 8.01. The number of carbonyl (C=O) groups is 1. The van der Waals surface area contributed by atoms with E-state index in [-0.39, 0.29) is 11.2 Å². The molecule has 0 saturated heterocycles. The first-order valence-corrected chi connectivity index (χ1v) is 9.24. The maximum atomic E-state index is 12.7. The number of thioether (sulfide) groups is 1. The number of rotatable bonds is 5. The molecule has 1 atom stereocenters. The van der Waals surface area contributed by atoms with Crippen molar-refractivity contribution in [2.45, 2.75) is 48.2 Å². The third-order valence-electron chi connectivity index (χ3n) is 3.77. The van der Waals surface area contributed by atoms with E-state index in [9.17, 15) is 4.79 Å². The quantitative estimate of drug-likeness (QED) is 0.847. The number of amides is 1. The van der Waals surface area contributed by atoms with Gasteiger partial charge in [-0.3, -0.25) is 4.79 Å². The largest absolute Gasteiger partial charge is 0.352 e. The van der Waals surface area contributed by atoms with Crippen molar-refractivity contribution in [1.82, 2.24) is 15.5 Å². The number of aromatic nitrogens is 2. The monoisotopic (exact) mass is 333 g/mol. The fourth-order valence-electron chi connectivity index (χ4n) is 2.67. The van der Waals surface area contributed by atoms with Crippen LogP contribution in [0.2, 0.25) is 0 Å². The first-order valence-electron chi connectivity index (χ1n) is 7.54. The van der Waals surface area contributed by atoms with Crippen LogP contribution in [0.4, 0.5) is 0 Å². The van der Waals surface area contributed by atoms with Crippen LogP contribution in [0.25, 0.3) is 0 Å². The van der Waals surface area contributed by atoms with Gasteiger partial charge in [-0.05, 0) is 25.3 Å². The summed E-state index contributed by atoms with van der Waals surface area (Å²) in [5.74, 6) is 0.0796. The summed E-state index contributed by atoms with van der Waals surface area (Å²) in [6.07, 6.45) is 4.61. The van der Waals surface area contributed by atoms with E-state index in [1.807, 2.05) is 37.3 Å². The van der Waals surface area contributed by atoms with Gasteiger partial charge in [-0.1, -0.05) is 66.3 Å². The molecule has 2 aromatic rings. The van der Waals surface area contributed by atoms with Crippen molar-refractivity contribution in [1.29, 1.82) is 0 Å². The zero-order valence-corrected chi connectivity index (χ0v) is 14.1. The van der Waals surface area contributed by atoms with Gasteiger partial charge in [-0.25, -0.2) is 0 Å². The SMILES string of the molecule is Cc1nnc(SC(C(=O)NC2CCCC2)c2ccccc2)s1. The highest BCUT2D eigenvalue weighted by Crippen LogP contribution is 2.37. The maximum Gasteiger partial charge on any atom is 0.238 e. The van der Waals surface area contributed by atoms with Gasteiger partial charge in [-0.2, -0.15) is 0 Å². The van der Waals surface area contributed by atoms with Gasteiger partial charge >= 0.3 is 0 Å². The van der Waals surface area contributed by atoms with Crippen LogP contribution in [-0.2, 0) is 4.79 Å². The van der Waals surface area contributed by atoms with Crippen LogP contribution in [0.15, 0.2) is 34.7 Å². The Balaban J connectivity index is 1.77. The maximum absolute atomic E-state index is 12.7. The Morgan fingerprint density at radius 2 is 2.00 bits per heavy atom. The summed E-state index contributed by atoms with van der Waals surface area (Å²) in [7, 11) is 0. The van der Waals surface area contributed by atoms with Gasteiger partial charge in [-0.15, -0.1) is 10.2 Å². The molecule has 116 valence electrons. The molecule has 0 radical (unpaired) electrons. The Morgan fingerprint density at radius 3 is 2.64 bits per heavy atom. The van der Waals surface area contributed by atoms with Gasteiger partial charge in [0.25, 0.3) is 0 Å². The lowest BCUT2D eigenvalue weighted by Gasteiger charge is -2.19. The lowest BCUT2D eigenvalue weighted by molar-refractivity contribution is -0.121. The zero-order valence-electron chi connectivity index (χ0n) is 12.5. The number of benzene rings is 1. The lowest BCUT2D eigenvalue weighted by atomic mass is 10.1. The van der Waals surface area contributed by atoms with E-state index in [1.54, 1.807) is 0 Å². The first-order chi connectivity index (χ1) is 10.7. The van der Waals surface area contributed by atoms with Gasteiger partial charge < -0.3 is 5.32 Å². The molecule has 1 unspecified atom stereocenters. The summed E-state index contributed by atoms with van der Waals surface area (Å²) >= 11 is 3.02. The second kappa shape index (κ2) is 7.24. The van der Waals surface area contributed by atoms with Crippen LogP contribution in [0.1, 0.15) is 41.5 Å². The standard InChI is InChI=1S/C16H19N3OS2/c1-11-18-19-16(21-11)22-14(12-7-3-2-4-8-12)15(20)17-13-9-5-6-10-13/h2-4,7-8,13-14H,5-6,9-10H2,1H3,(H,17,20). The Kier molecular flexibility index (Phi) is 5.10. The highest BCUT2D eigenvalue weighted by atomic mass is 32.2. The minimum absolute atomic E-state index is 0.0796. The Morgan fingerprint density at radius 1 is 1.27 bits per heavy atom. The smallest absolute Gasteiger partial charge is 0.238 e. The minimum Gasteiger partial charge on any atom is -0.352 e. The molecular formula is C16H19N3OS2. The summed E-state index contributed by atoms with van der Waals surface area (Å²) in [5.41, 5.74) is 1.01. The molecular weight excluding hydrogens is 314 g/mol. The molecule has 1 aromatic carbocycles. The fourth-order valence-corrected chi connectivity index (χ4v) is 4.69. The molecule has 1 aliphatic carbocycles. The van der Waals surface area contributed by atoms with Crippen molar-refractivity contribution < 1.29 is 4.79 Å². The first kappa shape index (κ1) is 15.5. The third-order valence-corrected chi connectivity index (χ3v) is 5.95. The van der Waals surface area contributed by atoms with E-state index in [0.717, 1.165) is 27.8 Å². The lowest BCUT2D eigenvalue weighted by Crippen LogP contribution is -2.35. The Labute approximate surface area is 138 Å². The molecule has 1 aliphatic rings. The zero-order chi connectivity index (χ0) is 15.4. The number of hydrogen-bond donors (Lipinski definition) is 1. The van der Waals surface area contributed by atoms with Gasteiger partial charge in [0.1, 0.15) is 10.3 Å².